The third-order valence-electron chi connectivity index (χ3n) is 1.78. The Morgan fingerprint density at radius 3 is 2.50 bits per heavy atom. The van der Waals surface area contributed by atoms with Crippen LogP contribution >= 0.6 is 0 Å². The first kappa shape index (κ1) is 10.5. The second-order valence-electron chi connectivity index (χ2n) is 3.37. The van der Waals surface area contributed by atoms with Gasteiger partial charge in [-0.3, -0.25) is 0 Å². The highest BCUT2D eigenvalue weighted by Gasteiger charge is 2.02. The highest BCUT2D eigenvalue weighted by molar-refractivity contribution is 5.78. The maximum Gasteiger partial charge on any atom is 0.158 e. The van der Waals surface area contributed by atoms with Crippen LogP contribution in [-0.2, 0) is 4.84 Å². The van der Waals surface area contributed by atoms with Crippen molar-refractivity contribution >= 4 is 11.5 Å². The maximum absolute atomic E-state index is 5.16. The molecule has 1 aromatic carbocycles. The van der Waals surface area contributed by atoms with E-state index in [0.29, 0.717) is 5.76 Å². The van der Waals surface area contributed by atoms with Crippen molar-refractivity contribution in [3.63, 3.8) is 0 Å². The molecule has 1 aromatic rings. The minimum atomic E-state index is 0.587. The molecule has 74 valence electrons. The number of nitrogens with zero attached hydrogens (tertiary/aromatic N) is 1. The molecule has 0 aromatic heterocycles. The number of hydrogen-bond donors (Lipinski definition) is 0. The summed E-state index contributed by atoms with van der Waals surface area (Å²) in [6.07, 6.45) is 0. The fourth-order valence-electron chi connectivity index (χ4n) is 1.08. The molecule has 0 radical (unpaired) electrons. The lowest BCUT2D eigenvalue weighted by Gasteiger charge is -2.06. The fraction of sp³-hybridized carbons (Fsp3) is 0.250. The van der Waals surface area contributed by atoms with Crippen LogP contribution in [0.25, 0.3) is 5.76 Å². The second kappa shape index (κ2) is 4.61. The summed E-state index contributed by atoms with van der Waals surface area (Å²) in [7, 11) is 0. The summed E-state index contributed by atoms with van der Waals surface area (Å²) in [5.41, 5.74) is 3.01. The van der Waals surface area contributed by atoms with Crippen molar-refractivity contribution in [3.05, 3.63) is 42.0 Å². The van der Waals surface area contributed by atoms with Gasteiger partial charge in [0.2, 0.25) is 0 Å². The lowest BCUT2D eigenvalue weighted by atomic mass is 10.1. The van der Waals surface area contributed by atoms with Crippen LogP contribution in [0, 0.1) is 6.92 Å². The summed E-state index contributed by atoms with van der Waals surface area (Å²) >= 11 is 0. The van der Waals surface area contributed by atoms with Crippen molar-refractivity contribution in [2.45, 2.75) is 20.8 Å². The van der Waals surface area contributed by atoms with Gasteiger partial charge in [-0.15, -0.1) is 0 Å². The Balaban J connectivity index is 2.80. The highest BCUT2D eigenvalue weighted by Crippen LogP contribution is 2.17. The molecule has 0 aliphatic rings. The zero-order valence-corrected chi connectivity index (χ0v) is 8.87. The lowest BCUT2D eigenvalue weighted by molar-refractivity contribution is 0.298. The minimum Gasteiger partial charge on any atom is -0.357 e. The molecule has 0 saturated carbocycles. The molecule has 0 saturated heterocycles. The zero-order chi connectivity index (χ0) is 10.6. The van der Waals surface area contributed by atoms with E-state index in [9.17, 15) is 0 Å². The molecule has 0 spiro atoms. The molecule has 0 fully saturated rings. The molecule has 0 aliphatic heterocycles. The Hall–Kier alpha value is -1.57. The van der Waals surface area contributed by atoms with E-state index in [1.807, 2.05) is 45.0 Å². The van der Waals surface area contributed by atoms with Gasteiger partial charge in [-0.05, 0) is 26.3 Å². The first-order valence-electron chi connectivity index (χ1n) is 4.54. The van der Waals surface area contributed by atoms with Gasteiger partial charge in [-0.2, -0.15) is 0 Å². The first-order valence-corrected chi connectivity index (χ1v) is 4.54. The third-order valence-corrected chi connectivity index (χ3v) is 1.78. The molecule has 0 unspecified atom stereocenters. The number of rotatable bonds is 3. The molecule has 2 heteroatoms. The summed E-state index contributed by atoms with van der Waals surface area (Å²) < 4.78 is 0. The Morgan fingerprint density at radius 2 is 1.93 bits per heavy atom. The van der Waals surface area contributed by atoms with Crippen LogP contribution in [0.15, 0.2) is 36.0 Å². The van der Waals surface area contributed by atoms with Crippen LogP contribution in [0.1, 0.15) is 25.0 Å². The van der Waals surface area contributed by atoms with Gasteiger partial charge in [-0.25, -0.2) is 0 Å². The smallest absolute Gasteiger partial charge is 0.158 e. The van der Waals surface area contributed by atoms with Crippen LogP contribution in [-0.4, -0.2) is 5.71 Å². The molecule has 14 heavy (non-hydrogen) atoms. The Kier molecular flexibility index (Phi) is 3.46. The predicted molar refractivity (Wildman–Crippen MR) is 60.1 cm³/mol. The molecule has 1 rings (SSSR count). The standard InChI is InChI=1S/C12H15NO/c1-9(2)13-14-11(4)12-8-6-5-7-10(12)3/h5-8H,4H2,1-3H3. The van der Waals surface area contributed by atoms with Gasteiger partial charge >= 0.3 is 0 Å². The van der Waals surface area contributed by atoms with Crippen molar-refractivity contribution in [3.8, 4) is 0 Å². The summed E-state index contributed by atoms with van der Waals surface area (Å²) in [5, 5.41) is 3.86. The van der Waals surface area contributed by atoms with Crippen LogP contribution in [0.5, 0.6) is 0 Å². The minimum absolute atomic E-state index is 0.587. The van der Waals surface area contributed by atoms with E-state index in [1.165, 1.54) is 0 Å². The molecule has 0 aliphatic carbocycles. The third kappa shape index (κ3) is 2.73. The van der Waals surface area contributed by atoms with Crippen LogP contribution in [0.3, 0.4) is 0 Å². The van der Waals surface area contributed by atoms with Crippen molar-refractivity contribution in [1.82, 2.24) is 0 Å². The molecule has 0 atom stereocenters. The van der Waals surface area contributed by atoms with Gasteiger partial charge in [0.1, 0.15) is 0 Å². The monoisotopic (exact) mass is 189 g/mol. The topological polar surface area (TPSA) is 21.6 Å². The van der Waals surface area contributed by atoms with E-state index in [2.05, 4.69) is 11.7 Å². The SMILES string of the molecule is C=C(ON=C(C)C)c1ccccc1C. The van der Waals surface area contributed by atoms with E-state index in [-0.39, 0.29) is 0 Å². The number of benzene rings is 1. The van der Waals surface area contributed by atoms with Crippen LogP contribution in [0.4, 0.5) is 0 Å². The van der Waals surface area contributed by atoms with Crippen LogP contribution < -0.4 is 0 Å². The quantitative estimate of drug-likeness (QED) is 0.406. The Labute approximate surface area is 84.9 Å². The van der Waals surface area contributed by atoms with Crippen molar-refractivity contribution < 1.29 is 4.84 Å². The van der Waals surface area contributed by atoms with E-state index < -0.39 is 0 Å². The van der Waals surface area contributed by atoms with E-state index in [4.69, 9.17) is 4.84 Å². The molecule has 0 heterocycles. The maximum atomic E-state index is 5.16. The number of oxime groups is 1. The normalized spacial score (nSPS) is 9.36. The summed E-state index contributed by atoms with van der Waals surface area (Å²) in [6.45, 7) is 9.61. The Morgan fingerprint density at radius 1 is 1.29 bits per heavy atom. The van der Waals surface area contributed by atoms with Gasteiger partial charge < -0.3 is 4.84 Å². The number of hydrogen-bond acceptors (Lipinski definition) is 2. The molecular formula is C12H15NO. The van der Waals surface area contributed by atoms with Gasteiger partial charge in [0.15, 0.2) is 5.76 Å². The van der Waals surface area contributed by atoms with E-state index >= 15 is 0 Å². The van der Waals surface area contributed by atoms with Gasteiger partial charge in [-0.1, -0.05) is 36.0 Å². The lowest BCUT2D eigenvalue weighted by Crippen LogP contribution is -1.90. The average molecular weight is 189 g/mol. The summed E-state index contributed by atoms with van der Waals surface area (Å²) in [4.78, 5) is 5.16. The van der Waals surface area contributed by atoms with Crippen molar-refractivity contribution in [2.24, 2.45) is 5.16 Å². The molecule has 0 amide bonds. The first-order chi connectivity index (χ1) is 6.61. The van der Waals surface area contributed by atoms with Crippen molar-refractivity contribution in [1.29, 1.82) is 0 Å². The van der Waals surface area contributed by atoms with E-state index in [1.54, 1.807) is 0 Å². The summed E-state index contributed by atoms with van der Waals surface area (Å²) in [5.74, 6) is 0.587. The van der Waals surface area contributed by atoms with Crippen molar-refractivity contribution in [2.75, 3.05) is 0 Å². The largest absolute Gasteiger partial charge is 0.357 e. The fourth-order valence-corrected chi connectivity index (χ4v) is 1.08. The van der Waals surface area contributed by atoms with Gasteiger partial charge in [0, 0.05) is 5.56 Å². The molecule has 0 N–H and O–H groups in total. The summed E-state index contributed by atoms with van der Waals surface area (Å²) in [6, 6.07) is 7.93. The van der Waals surface area contributed by atoms with Gasteiger partial charge in [0.25, 0.3) is 0 Å². The Bertz CT molecular complexity index is 362. The molecular weight excluding hydrogens is 174 g/mol. The predicted octanol–water partition coefficient (Wildman–Crippen LogP) is 3.38. The van der Waals surface area contributed by atoms with E-state index in [0.717, 1.165) is 16.8 Å². The highest BCUT2D eigenvalue weighted by atomic mass is 16.6. The second-order valence-corrected chi connectivity index (χ2v) is 3.37. The zero-order valence-electron chi connectivity index (χ0n) is 8.87. The molecule has 2 nitrogen and oxygen atoms in total. The van der Waals surface area contributed by atoms with Crippen LogP contribution in [0.2, 0.25) is 0 Å². The number of aryl methyl sites for hydroxylation is 1. The van der Waals surface area contributed by atoms with Gasteiger partial charge in [0.05, 0.1) is 5.71 Å². The average Bonchev–Trinajstić information content (AvgIpc) is 2.15. The molecule has 0 bridgehead atoms.